The summed E-state index contributed by atoms with van der Waals surface area (Å²) in [5, 5.41) is 0. The molecule has 2 aromatic rings. The molecule has 28 heavy (non-hydrogen) atoms. The van der Waals surface area contributed by atoms with E-state index in [0.29, 0.717) is 11.5 Å². The molecule has 3 heterocycles. The summed E-state index contributed by atoms with van der Waals surface area (Å²) in [6.45, 7) is 12.3. The minimum atomic E-state index is -4.44. The summed E-state index contributed by atoms with van der Waals surface area (Å²) in [7, 11) is 1.81. The average Bonchev–Trinajstić information content (AvgIpc) is 2.98. The lowest BCUT2D eigenvalue weighted by Crippen LogP contribution is -2.61. The van der Waals surface area contributed by atoms with Crippen molar-refractivity contribution in [1.29, 1.82) is 0 Å². The second-order valence-corrected chi connectivity index (χ2v) is 7.83. The van der Waals surface area contributed by atoms with Gasteiger partial charge in [0.25, 0.3) is 0 Å². The molecular weight excluding hydrogens is 363 g/mol. The molecule has 1 aromatic carbocycles. The first-order valence-corrected chi connectivity index (χ1v) is 9.06. The van der Waals surface area contributed by atoms with E-state index in [2.05, 4.69) is 32.0 Å². The van der Waals surface area contributed by atoms with E-state index in [1.807, 2.05) is 53.3 Å². The average molecular weight is 385 g/mol. The fourth-order valence-electron chi connectivity index (χ4n) is 4.71. The van der Waals surface area contributed by atoms with Crippen LogP contribution >= 0.6 is 0 Å². The highest BCUT2D eigenvalue weighted by atomic mass is 19.4. The number of anilines is 3. The zero-order chi connectivity index (χ0) is 20.5. The Morgan fingerprint density at radius 3 is 2.39 bits per heavy atom. The van der Waals surface area contributed by atoms with Crippen LogP contribution in [0.5, 0.6) is 0 Å². The van der Waals surface area contributed by atoms with Crippen molar-refractivity contribution < 1.29 is 13.2 Å². The van der Waals surface area contributed by atoms with E-state index in [9.17, 15) is 13.2 Å². The molecule has 0 aliphatic carbocycles. The Kier molecular flexibility index (Phi) is 3.74. The first kappa shape index (κ1) is 18.6. The van der Waals surface area contributed by atoms with Gasteiger partial charge in [0.15, 0.2) is 5.82 Å². The Bertz CT molecular complexity index is 983. The van der Waals surface area contributed by atoms with Gasteiger partial charge < -0.3 is 9.80 Å². The lowest BCUT2D eigenvalue weighted by atomic mass is 9.57. The first-order valence-electron chi connectivity index (χ1n) is 9.06. The largest absolute Gasteiger partial charge is 0.417 e. The van der Waals surface area contributed by atoms with Crippen molar-refractivity contribution in [1.82, 2.24) is 4.98 Å². The van der Waals surface area contributed by atoms with Crippen LogP contribution in [0.3, 0.4) is 0 Å². The van der Waals surface area contributed by atoms with E-state index in [4.69, 9.17) is 0 Å². The van der Waals surface area contributed by atoms with E-state index in [1.54, 1.807) is 0 Å². The molecule has 0 radical (unpaired) electrons. The molecule has 0 fully saturated rings. The number of para-hydroxylation sites is 1. The Labute approximate surface area is 162 Å². The molecule has 6 heteroatoms. The van der Waals surface area contributed by atoms with Crippen LogP contribution < -0.4 is 9.80 Å². The molecule has 0 saturated carbocycles. The van der Waals surface area contributed by atoms with Crippen molar-refractivity contribution in [2.45, 2.75) is 31.6 Å². The number of hydrogen-bond donors (Lipinski definition) is 0. The van der Waals surface area contributed by atoms with Crippen molar-refractivity contribution in [3.8, 4) is 0 Å². The lowest BCUT2D eigenvalue weighted by Gasteiger charge is -2.56. The SMILES string of the molecule is C=CC1(C)c2ccccc2N2c3ncc(C(F)(F)F)cc3N(C)C2C1(C)C=C. The predicted molar refractivity (Wildman–Crippen MR) is 106 cm³/mol. The zero-order valence-corrected chi connectivity index (χ0v) is 16.1. The Morgan fingerprint density at radius 2 is 1.79 bits per heavy atom. The van der Waals surface area contributed by atoms with Gasteiger partial charge in [-0.1, -0.05) is 44.2 Å². The number of aromatic nitrogens is 1. The molecule has 0 bridgehead atoms. The molecular formula is C22H22F3N3. The fourth-order valence-corrected chi connectivity index (χ4v) is 4.71. The highest BCUT2D eigenvalue weighted by molar-refractivity contribution is 5.85. The smallest absolute Gasteiger partial charge is 0.350 e. The molecule has 3 nitrogen and oxygen atoms in total. The van der Waals surface area contributed by atoms with Crippen LogP contribution in [0.4, 0.5) is 30.4 Å². The molecule has 0 spiro atoms. The van der Waals surface area contributed by atoms with E-state index in [0.717, 1.165) is 17.4 Å². The van der Waals surface area contributed by atoms with Crippen molar-refractivity contribution in [2.75, 3.05) is 16.8 Å². The Hall–Kier alpha value is -2.76. The lowest BCUT2D eigenvalue weighted by molar-refractivity contribution is -0.137. The molecule has 146 valence electrons. The molecule has 2 aliphatic rings. The fraction of sp³-hybridized carbons (Fsp3) is 0.318. The summed E-state index contributed by atoms with van der Waals surface area (Å²) in [4.78, 5) is 8.13. The number of nitrogens with zero attached hydrogens (tertiary/aromatic N) is 3. The highest BCUT2D eigenvalue weighted by Gasteiger charge is 2.59. The third kappa shape index (κ3) is 2.09. The van der Waals surface area contributed by atoms with Gasteiger partial charge in [-0.05, 0) is 17.7 Å². The van der Waals surface area contributed by atoms with E-state index >= 15 is 0 Å². The number of allylic oxidation sites excluding steroid dienone is 1. The molecule has 0 amide bonds. The summed E-state index contributed by atoms with van der Waals surface area (Å²) in [5.41, 5.74) is 0.680. The Balaban J connectivity index is 2.03. The highest BCUT2D eigenvalue weighted by Crippen LogP contribution is 2.61. The maximum atomic E-state index is 13.3. The summed E-state index contributed by atoms with van der Waals surface area (Å²) >= 11 is 0. The van der Waals surface area contributed by atoms with Gasteiger partial charge in [0.2, 0.25) is 0 Å². The van der Waals surface area contributed by atoms with Gasteiger partial charge in [-0.3, -0.25) is 0 Å². The van der Waals surface area contributed by atoms with Gasteiger partial charge >= 0.3 is 6.18 Å². The van der Waals surface area contributed by atoms with Crippen LogP contribution in [-0.2, 0) is 11.6 Å². The molecule has 3 unspecified atom stereocenters. The third-order valence-electron chi connectivity index (χ3n) is 6.60. The van der Waals surface area contributed by atoms with Crippen LogP contribution in [0.2, 0.25) is 0 Å². The standard InChI is InChI=1S/C22H22F3N3/c1-6-20(3)15-10-8-9-11-16(15)28-18-17(12-14(13-26-18)22(23,24)25)27(5)19(28)21(20,4)7-2/h6-13,19H,1-2H2,3-5H3. The van der Waals surface area contributed by atoms with E-state index < -0.39 is 22.6 Å². The van der Waals surface area contributed by atoms with Gasteiger partial charge in [0.1, 0.15) is 6.17 Å². The van der Waals surface area contributed by atoms with Crippen molar-refractivity contribution in [3.63, 3.8) is 0 Å². The summed E-state index contributed by atoms with van der Waals surface area (Å²) in [6, 6.07) is 9.09. The van der Waals surface area contributed by atoms with Gasteiger partial charge in [0.05, 0.1) is 11.3 Å². The van der Waals surface area contributed by atoms with Crippen LogP contribution in [0, 0.1) is 5.41 Å². The van der Waals surface area contributed by atoms with Gasteiger partial charge in [-0.15, -0.1) is 13.2 Å². The quantitative estimate of drug-likeness (QED) is 0.622. The number of rotatable bonds is 2. The molecule has 1 aromatic heterocycles. The van der Waals surface area contributed by atoms with Crippen molar-refractivity contribution in [2.24, 2.45) is 5.41 Å². The number of fused-ring (bicyclic) bond motifs is 5. The van der Waals surface area contributed by atoms with Gasteiger partial charge in [-0.25, -0.2) is 4.98 Å². The predicted octanol–water partition coefficient (Wildman–Crippen LogP) is 5.66. The molecule has 4 rings (SSSR count). The van der Waals surface area contributed by atoms with Crippen LogP contribution in [-0.4, -0.2) is 18.2 Å². The second kappa shape index (κ2) is 5.63. The minimum absolute atomic E-state index is 0.283. The minimum Gasteiger partial charge on any atom is -0.350 e. The zero-order valence-electron chi connectivity index (χ0n) is 16.1. The molecule has 2 aliphatic heterocycles. The Morgan fingerprint density at radius 1 is 1.11 bits per heavy atom. The van der Waals surface area contributed by atoms with Crippen LogP contribution in [0.1, 0.15) is 25.0 Å². The monoisotopic (exact) mass is 385 g/mol. The molecule has 0 N–H and O–H groups in total. The number of benzene rings is 1. The first-order chi connectivity index (χ1) is 13.1. The number of halogens is 3. The van der Waals surface area contributed by atoms with E-state index in [1.165, 1.54) is 6.07 Å². The maximum Gasteiger partial charge on any atom is 0.417 e. The number of alkyl halides is 3. The summed E-state index contributed by atoms with van der Waals surface area (Å²) < 4.78 is 39.9. The topological polar surface area (TPSA) is 19.4 Å². The summed E-state index contributed by atoms with van der Waals surface area (Å²) in [6.07, 6.45) is -0.0225. The number of hydrogen-bond acceptors (Lipinski definition) is 3. The van der Waals surface area contributed by atoms with Gasteiger partial charge in [-0.2, -0.15) is 13.2 Å². The van der Waals surface area contributed by atoms with Crippen LogP contribution in [0.15, 0.2) is 61.8 Å². The molecule has 0 saturated heterocycles. The van der Waals surface area contributed by atoms with Crippen LogP contribution in [0.25, 0.3) is 0 Å². The normalized spacial score (nSPS) is 28.4. The van der Waals surface area contributed by atoms with E-state index in [-0.39, 0.29) is 6.17 Å². The third-order valence-corrected chi connectivity index (χ3v) is 6.60. The van der Waals surface area contributed by atoms with Crippen molar-refractivity contribution in [3.05, 3.63) is 73.0 Å². The van der Waals surface area contributed by atoms with Crippen molar-refractivity contribution >= 4 is 17.2 Å². The maximum absolute atomic E-state index is 13.3. The number of pyridine rings is 1. The van der Waals surface area contributed by atoms with Gasteiger partial charge in [0, 0.05) is 29.8 Å². The second-order valence-electron chi connectivity index (χ2n) is 7.83. The summed E-state index contributed by atoms with van der Waals surface area (Å²) in [5.74, 6) is 0.520. The molecule has 3 atom stereocenters.